The summed E-state index contributed by atoms with van der Waals surface area (Å²) in [7, 11) is 0. The van der Waals surface area contributed by atoms with Gasteiger partial charge in [0.25, 0.3) is 0 Å². The van der Waals surface area contributed by atoms with Crippen molar-refractivity contribution in [2.75, 3.05) is 6.54 Å². The van der Waals surface area contributed by atoms with Crippen LogP contribution < -0.4 is 10.2 Å². The highest BCUT2D eigenvalue weighted by Crippen LogP contribution is 2.00. The molecule has 0 fully saturated rings. The highest BCUT2D eigenvalue weighted by atomic mass is 35.5. The zero-order chi connectivity index (χ0) is 12.8. The lowest BCUT2D eigenvalue weighted by molar-refractivity contribution is -0.139. The summed E-state index contributed by atoms with van der Waals surface area (Å²) in [6.45, 7) is 4.83. The third-order valence-corrected chi connectivity index (χ3v) is 3.46. The zero-order valence-electron chi connectivity index (χ0n) is 10.5. The topological polar surface area (TPSA) is 71.3 Å². The Kier molecular flexibility index (Phi) is 7.90. The SMILES string of the molecule is CCCC(NCCn1c(C)csc1=O)C(=O)O.Cl. The Labute approximate surface area is 116 Å². The minimum Gasteiger partial charge on any atom is -0.480 e. The van der Waals surface area contributed by atoms with Gasteiger partial charge in [-0.2, -0.15) is 0 Å². The Morgan fingerprint density at radius 2 is 2.28 bits per heavy atom. The van der Waals surface area contributed by atoms with Crippen LogP contribution in [0.1, 0.15) is 25.5 Å². The number of carboxylic acids is 1. The number of thiazole rings is 1. The van der Waals surface area contributed by atoms with E-state index in [2.05, 4.69) is 5.32 Å². The summed E-state index contributed by atoms with van der Waals surface area (Å²) < 4.78 is 1.66. The highest BCUT2D eigenvalue weighted by molar-refractivity contribution is 7.07. The fourth-order valence-electron chi connectivity index (χ4n) is 1.63. The van der Waals surface area contributed by atoms with Crippen LogP contribution in [0.25, 0.3) is 0 Å². The number of nitrogens with zero attached hydrogens (tertiary/aromatic N) is 1. The molecule has 18 heavy (non-hydrogen) atoms. The molecule has 0 saturated heterocycles. The van der Waals surface area contributed by atoms with Crippen LogP contribution >= 0.6 is 23.7 Å². The summed E-state index contributed by atoms with van der Waals surface area (Å²) in [5.74, 6) is -0.832. The van der Waals surface area contributed by atoms with Crippen LogP contribution in [0, 0.1) is 6.92 Å². The monoisotopic (exact) mass is 294 g/mol. The van der Waals surface area contributed by atoms with E-state index in [1.165, 1.54) is 11.3 Å². The summed E-state index contributed by atoms with van der Waals surface area (Å²) >= 11 is 1.17. The molecule has 1 heterocycles. The Morgan fingerprint density at radius 1 is 1.61 bits per heavy atom. The Morgan fingerprint density at radius 3 is 2.72 bits per heavy atom. The zero-order valence-corrected chi connectivity index (χ0v) is 12.1. The fourth-order valence-corrected chi connectivity index (χ4v) is 2.39. The van der Waals surface area contributed by atoms with Gasteiger partial charge in [0.2, 0.25) is 0 Å². The number of aliphatic carboxylic acids is 1. The third kappa shape index (κ3) is 4.80. The quantitative estimate of drug-likeness (QED) is 0.799. The van der Waals surface area contributed by atoms with Crippen LogP contribution in [0.5, 0.6) is 0 Å². The number of rotatable bonds is 7. The van der Waals surface area contributed by atoms with E-state index in [4.69, 9.17) is 5.11 Å². The molecule has 0 amide bonds. The van der Waals surface area contributed by atoms with Gasteiger partial charge in [-0.05, 0) is 13.3 Å². The molecule has 0 spiro atoms. The average molecular weight is 295 g/mol. The molecule has 1 rings (SSSR count). The molecule has 104 valence electrons. The third-order valence-electron chi connectivity index (χ3n) is 2.58. The molecule has 5 nitrogen and oxygen atoms in total. The average Bonchev–Trinajstić information content (AvgIpc) is 2.58. The van der Waals surface area contributed by atoms with E-state index in [9.17, 15) is 9.59 Å². The van der Waals surface area contributed by atoms with Gasteiger partial charge in [0.05, 0.1) is 0 Å². The largest absolute Gasteiger partial charge is 0.480 e. The van der Waals surface area contributed by atoms with Gasteiger partial charge < -0.3 is 15.0 Å². The molecule has 2 N–H and O–H groups in total. The van der Waals surface area contributed by atoms with Crippen LogP contribution in [0.15, 0.2) is 10.2 Å². The van der Waals surface area contributed by atoms with E-state index in [0.29, 0.717) is 19.5 Å². The van der Waals surface area contributed by atoms with Gasteiger partial charge in [-0.25, -0.2) is 0 Å². The summed E-state index contributed by atoms with van der Waals surface area (Å²) in [5, 5.41) is 13.7. The standard InChI is InChI=1S/C11H18N2O3S.ClH/c1-3-4-9(10(14)15)12-5-6-13-8(2)7-17-11(13)16;/h7,9,12H,3-6H2,1-2H3,(H,14,15);1H. The van der Waals surface area contributed by atoms with Gasteiger partial charge in [-0.15, -0.1) is 12.4 Å². The molecule has 0 bridgehead atoms. The second kappa shape index (κ2) is 8.29. The predicted octanol–water partition coefficient (Wildman–Crippen LogP) is 1.48. The summed E-state index contributed by atoms with van der Waals surface area (Å²) in [4.78, 5) is 22.3. The van der Waals surface area contributed by atoms with Crippen LogP contribution in [-0.4, -0.2) is 28.2 Å². The Bertz CT molecular complexity index is 430. The van der Waals surface area contributed by atoms with E-state index in [-0.39, 0.29) is 17.3 Å². The smallest absolute Gasteiger partial charge is 0.320 e. The molecule has 0 aliphatic heterocycles. The molecular weight excluding hydrogens is 276 g/mol. The molecule has 0 aliphatic rings. The number of halogens is 1. The van der Waals surface area contributed by atoms with Crippen molar-refractivity contribution in [3.05, 3.63) is 20.7 Å². The first-order valence-corrected chi connectivity index (χ1v) is 6.55. The van der Waals surface area contributed by atoms with E-state index in [0.717, 1.165) is 12.1 Å². The van der Waals surface area contributed by atoms with Crippen LogP contribution in [0.3, 0.4) is 0 Å². The van der Waals surface area contributed by atoms with E-state index < -0.39 is 12.0 Å². The molecule has 7 heteroatoms. The number of nitrogens with one attached hydrogen (secondary N) is 1. The molecular formula is C11H19ClN2O3S. The lowest BCUT2D eigenvalue weighted by Crippen LogP contribution is -2.39. The minimum atomic E-state index is -0.832. The maximum Gasteiger partial charge on any atom is 0.320 e. The van der Waals surface area contributed by atoms with Crippen molar-refractivity contribution in [3.63, 3.8) is 0 Å². The van der Waals surface area contributed by atoms with Gasteiger partial charge in [0.1, 0.15) is 6.04 Å². The lowest BCUT2D eigenvalue weighted by Gasteiger charge is -2.13. The van der Waals surface area contributed by atoms with E-state index in [1.807, 2.05) is 19.2 Å². The molecule has 0 aromatic carbocycles. The number of aromatic nitrogens is 1. The van der Waals surface area contributed by atoms with Gasteiger partial charge in [0, 0.05) is 24.2 Å². The molecule has 1 aromatic rings. The van der Waals surface area contributed by atoms with Gasteiger partial charge in [0.15, 0.2) is 0 Å². The summed E-state index contributed by atoms with van der Waals surface area (Å²) in [6, 6.07) is -0.519. The molecule has 1 atom stereocenters. The first kappa shape index (κ1) is 17.2. The van der Waals surface area contributed by atoms with E-state index >= 15 is 0 Å². The highest BCUT2D eigenvalue weighted by Gasteiger charge is 2.15. The molecule has 0 radical (unpaired) electrons. The number of hydrogen-bond acceptors (Lipinski definition) is 4. The van der Waals surface area contributed by atoms with Crippen molar-refractivity contribution >= 4 is 29.7 Å². The van der Waals surface area contributed by atoms with Crippen molar-refractivity contribution in [3.8, 4) is 0 Å². The summed E-state index contributed by atoms with van der Waals surface area (Å²) in [6.07, 6.45) is 1.42. The van der Waals surface area contributed by atoms with E-state index in [1.54, 1.807) is 4.57 Å². The molecule has 1 aromatic heterocycles. The Balaban J connectivity index is 0.00000289. The maximum atomic E-state index is 11.4. The number of hydrogen-bond donors (Lipinski definition) is 2. The lowest BCUT2D eigenvalue weighted by atomic mass is 10.2. The Hall–Kier alpha value is -0.850. The second-order valence-corrected chi connectivity index (χ2v) is 4.75. The normalized spacial score (nSPS) is 11.9. The van der Waals surface area contributed by atoms with Gasteiger partial charge >= 0.3 is 10.8 Å². The second-order valence-electron chi connectivity index (χ2n) is 3.93. The maximum absolute atomic E-state index is 11.4. The number of carboxylic acid groups (broad SMARTS) is 1. The van der Waals surface area contributed by atoms with Crippen molar-refractivity contribution in [1.29, 1.82) is 0 Å². The summed E-state index contributed by atoms with van der Waals surface area (Å²) in [5.41, 5.74) is 0.921. The molecule has 0 aliphatic carbocycles. The first-order valence-electron chi connectivity index (χ1n) is 5.67. The molecule has 1 unspecified atom stereocenters. The van der Waals surface area contributed by atoms with Crippen LogP contribution in [0.4, 0.5) is 0 Å². The fraction of sp³-hybridized carbons (Fsp3) is 0.636. The number of carbonyl (C=O) groups is 1. The van der Waals surface area contributed by atoms with Crippen LogP contribution in [0.2, 0.25) is 0 Å². The predicted molar refractivity (Wildman–Crippen MR) is 74.9 cm³/mol. The van der Waals surface area contributed by atoms with Gasteiger partial charge in [-0.3, -0.25) is 9.59 Å². The van der Waals surface area contributed by atoms with Crippen molar-refractivity contribution < 1.29 is 9.90 Å². The van der Waals surface area contributed by atoms with Crippen molar-refractivity contribution in [2.24, 2.45) is 0 Å². The molecule has 0 saturated carbocycles. The van der Waals surface area contributed by atoms with Crippen LogP contribution in [-0.2, 0) is 11.3 Å². The number of aryl methyl sites for hydroxylation is 1. The first-order chi connectivity index (χ1) is 8.06. The van der Waals surface area contributed by atoms with Crippen molar-refractivity contribution in [2.45, 2.75) is 39.3 Å². The van der Waals surface area contributed by atoms with Gasteiger partial charge in [-0.1, -0.05) is 24.7 Å². The minimum absolute atomic E-state index is 0. The van der Waals surface area contributed by atoms with Crippen molar-refractivity contribution in [1.82, 2.24) is 9.88 Å².